The third kappa shape index (κ3) is 2.04. The number of nitrogen functional groups attached to an aromatic ring is 1. The molecule has 7 heteroatoms. The first-order valence-electron chi connectivity index (χ1n) is 6.13. The van der Waals surface area contributed by atoms with E-state index < -0.39 is 0 Å². The van der Waals surface area contributed by atoms with Crippen LogP contribution in [0.4, 0.5) is 5.82 Å². The number of nitrogens with one attached hydrogen (secondary N) is 1. The minimum atomic E-state index is -0.180. The van der Waals surface area contributed by atoms with E-state index in [1.807, 2.05) is 30.3 Å². The minimum absolute atomic E-state index is 0.180. The molecule has 0 amide bonds. The molecule has 0 unspecified atom stereocenters. The first-order chi connectivity index (χ1) is 9.69. The lowest BCUT2D eigenvalue weighted by Crippen LogP contribution is -2.24. The minimum Gasteiger partial charge on any atom is -0.308 e. The van der Waals surface area contributed by atoms with Gasteiger partial charge in [0.25, 0.3) is 0 Å². The summed E-state index contributed by atoms with van der Waals surface area (Å²) < 4.78 is 2.79. The summed E-state index contributed by atoms with van der Waals surface area (Å²) in [6, 6.07) is 9.69. The molecule has 0 saturated heterocycles. The molecule has 2 aromatic heterocycles. The van der Waals surface area contributed by atoms with E-state index in [1.165, 1.54) is 15.6 Å². The van der Waals surface area contributed by atoms with Crippen molar-refractivity contribution in [2.75, 3.05) is 5.43 Å². The maximum Gasteiger partial charge on any atom is 0.345 e. The van der Waals surface area contributed by atoms with Gasteiger partial charge in [-0.15, -0.1) is 0 Å². The fourth-order valence-corrected chi connectivity index (χ4v) is 2.10. The highest BCUT2D eigenvalue weighted by Gasteiger charge is 2.09. The van der Waals surface area contributed by atoms with E-state index in [2.05, 4.69) is 15.5 Å². The number of anilines is 1. The van der Waals surface area contributed by atoms with Crippen LogP contribution in [-0.2, 0) is 13.6 Å². The summed E-state index contributed by atoms with van der Waals surface area (Å²) in [5, 5.41) is 5.03. The van der Waals surface area contributed by atoms with Crippen molar-refractivity contribution in [1.29, 1.82) is 0 Å². The summed E-state index contributed by atoms with van der Waals surface area (Å²) in [6.45, 7) is 0.317. The molecule has 0 bridgehead atoms. The second kappa shape index (κ2) is 4.78. The van der Waals surface area contributed by atoms with Crippen molar-refractivity contribution >= 4 is 16.7 Å². The Morgan fingerprint density at radius 2 is 2.15 bits per heavy atom. The van der Waals surface area contributed by atoms with E-state index in [0.29, 0.717) is 12.4 Å². The summed E-state index contributed by atoms with van der Waals surface area (Å²) in [7, 11) is 1.66. The monoisotopic (exact) mass is 270 g/mol. The average Bonchev–Trinajstić information content (AvgIpc) is 2.78. The summed E-state index contributed by atoms with van der Waals surface area (Å²) in [6.07, 6.45) is 1.48. The zero-order chi connectivity index (χ0) is 14.1. The number of aromatic nitrogens is 4. The molecule has 0 atom stereocenters. The highest BCUT2D eigenvalue weighted by Crippen LogP contribution is 2.20. The lowest BCUT2D eigenvalue weighted by molar-refractivity contribution is 0.646. The Bertz CT molecular complexity index is 819. The zero-order valence-corrected chi connectivity index (χ0v) is 10.9. The topological polar surface area (TPSA) is 90.8 Å². The largest absolute Gasteiger partial charge is 0.345 e. The van der Waals surface area contributed by atoms with Crippen LogP contribution in [0.15, 0.2) is 41.5 Å². The molecule has 2 heterocycles. The second-order valence-corrected chi connectivity index (χ2v) is 4.52. The number of hydrazine groups is 1. The van der Waals surface area contributed by atoms with Crippen LogP contribution < -0.4 is 17.0 Å². The summed E-state index contributed by atoms with van der Waals surface area (Å²) >= 11 is 0. The average molecular weight is 270 g/mol. The first-order valence-corrected chi connectivity index (χ1v) is 6.13. The molecule has 0 aliphatic carbocycles. The van der Waals surface area contributed by atoms with Crippen molar-refractivity contribution in [3.63, 3.8) is 0 Å². The van der Waals surface area contributed by atoms with Crippen LogP contribution in [0.25, 0.3) is 10.9 Å². The van der Waals surface area contributed by atoms with E-state index in [-0.39, 0.29) is 5.69 Å². The Balaban J connectivity index is 2.10. The van der Waals surface area contributed by atoms with Crippen molar-refractivity contribution in [2.24, 2.45) is 12.9 Å². The Kier molecular flexibility index (Phi) is 2.96. The van der Waals surface area contributed by atoms with Crippen molar-refractivity contribution in [3.8, 4) is 0 Å². The highest BCUT2D eigenvalue weighted by molar-refractivity contribution is 5.81. The predicted molar refractivity (Wildman–Crippen MR) is 76.1 cm³/mol. The van der Waals surface area contributed by atoms with Crippen LogP contribution >= 0.6 is 0 Å². The maximum atomic E-state index is 11.8. The van der Waals surface area contributed by atoms with Gasteiger partial charge in [-0.3, -0.25) is 4.57 Å². The predicted octanol–water partition coefficient (Wildman–Crippen LogP) is 0.464. The number of rotatable bonds is 3. The molecule has 3 N–H and O–H groups in total. The van der Waals surface area contributed by atoms with Crippen molar-refractivity contribution in [3.05, 3.63) is 52.7 Å². The van der Waals surface area contributed by atoms with Crippen LogP contribution in [0.2, 0.25) is 0 Å². The van der Waals surface area contributed by atoms with E-state index in [9.17, 15) is 4.79 Å². The second-order valence-electron chi connectivity index (χ2n) is 4.52. The molecule has 7 nitrogen and oxygen atoms in total. The van der Waals surface area contributed by atoms with Crippen LogP contribution in [0, 0.1) is 0 Å². The van der Waals surface area contributed by atoms with Gasteiger partial charge in [0.1, 0.15) is 12.1 Å². The van der Waals surface area contributed by atoms with Gasteiger partial charge in [-0.25, -0.2) is 20.3 Å². The van der Waals surface area contributed by atoms with E-state index in [1.54, 1.807) is 7.05 Å². The van der Waals surface area contributed by atoms with Gasteiger partial charge in [-0.2, -0.15) is 5.10 Å². The molecule has 3 aromatic rings. The molecule has 1 aromatic carbocycles. The smallest absolute Gasteiger partial charge is 0.308 e. The Morgan fingerprint density at radius 1 is 1.35 bits per heavy atom. The summed E-state index contributed by atoms with van der Waals surface area (Å²) in [5.74, 6) is 6.06. The van der Waals surface area contributed by atoms with Crippen LogP contribution in [0.5, 0.6) is 0 Å². The molecule has 0 aliphatic rings. The fraction of sp³-hybridized carbons (Fsp3) is 0.154. The summed E-state index contributed by atoms with van der Waals surface area (Å²) in [5.41, 5.74) is 4.05. The molecule has 3 rings (SSSR count). The molecule has 0 aliphatic heterocycles. The summed E-state index contributed by atoms with van der Waals surface area (Å²) in [4.78, 5) is 16.3. The highest BCUT2D eigenvalue weighted by atomic mass is 16.2. The van der Waals surface area contributed by atoms with Gasteiger partial charge in [0, 0.05) is 18.0 Å². The molecule has 0 fully saturated rings. The van der Waals surface area contributed by atoms with Gasteiger partial charge < -0.3 is 5.43 Å². The molecule has 102 valence electrons. The lowest BCUT2D eigenvalue weighted by atomic mass is 10.1. The SMILES string of the molecule is Cn1cnn(Cc2cc3ccccc3nc2NN)c1=O. The quantitative estimate of drug-likeness (QED) is 0.533. The van der Waals surface area contributed by atoms with Crippen molar-refractivity contribution < 1.29 is 0 Å². The van der Waals surface area contributed by atoms with Gasteiger partial charge in [-0.05, 0) is 12.1 Å². The van der Waals surface area contributed by atoms with Crippen molar-refractivity contribution in [2.45, 2.75) is 6.54 Å². The molecular weight excluding hydrogens is 256 g/mol. The number of pyridine rings is 1. The number of fused-ring (bicyclic) bond motifs is 1. The molecule has 0 saturated carbocycles. The molecule has 0 radical (unpaired) electrons. The third-order valence-corrected chi connectivity index (χ3v) is 3.15. The van der Waals surface area contributed by atoms with Gasteiger partial charge in [0.05, 0.1) is 12.1 Å². The van der Waals surface area contributed by atoms with Gasteiger partial charge in [0.2, 0.25) is 0 Å². The Hall–Kier alpha value is -2.67. The van der Waals surface area contributed by atoms with E-state index in [4.69, 9.17) is 5.84 Å². The Labute approximate surface area is 114 Å². The number of para-hydroxylation sites is 1. The zero-order valence-electron chi connectivity index (χ0n) is 10.9. The number of nitrogens with two attached hydrogens (primary N) is 1. The van der Waals surface area contributed by atoms with Gasteiger partial charge in [0.15, 0.2) is 0 Å². The van der Waals surface area contributed by atoms with E-state index >= 15 is 0 Å². The number of hydrogen-bond donors (Lipinski definition) is 2. The van der Waals surface area contributed by atoms with E-state index in [0.717, 1.165) is 16.5 Å². The van der Waals surface area contributed by atoms with Crippen LogP contribution in [0.3, 0.4) is 0 Å². The van der Waals surface area contributed by atoms with Crippen LogP contribution in [-0.4, -0.2) is 19.3 Å². The fourth-order valence-electron chi connectivity index (χ4n) is 2.10. The lowest BCUT2D eigenvalue weighted by Gasteiger charge is -2.09. The third-order valence-electron chi connectivity index (χ3n) is 3.15. The number of aryl methyl sites for hydroxylation is 1. The number of benzene rings is 1. The standard InChI is InChI=1S/C13H14N6O/c1-18-8-15-19(13(18)20)7-10-6-9-4-2-3-5-11(9)16-12(10)17-14/h2-6,8H,7,14H2,1H3,(H,16,17). The number of nitrogens with zero attached hydrogens (tertiary/aromatic N) is 4. The number of hydrogen-bond acceptors (Lipinski definition) is 5. The molecule has 20 heavy (non-hydrogen) atoms. The van der Waals surface area contributed by atoms with Crippen LogP contribution in [0.1, 0.15) is 5.56 Å². The maximum absolute atomic E-state index is 11.8. The van der Waals surface area contributed by atoms with Gasteiger partial charge in [-0.1, -0.05) is 18.2 Å². The Morgan fingerprint density at radius 3 is 2.85 bits per heavy atom. The van der Waals surface area contributed by atoms with Gasteiger partial charge >= 0.3 is 5.69 Å². The van der Waals surface area contributed by atoms with Crippen molar-refractivity contribution in [1.82, 2.24) is 19.3 Å². The first kappa shape index (κ1) is 12.4. The molecule has 0 spiro atoms. The normalized spacial score (nSPS) is 10.9. The molecular formula is C13H14N6O.